The number of unbranched alkanes of at least 4 members (excludes halogenated alkanes) is 2. The third-order valence-electron chi connectivity index (χ3n) is 7.70. The zero-order valence-electron chi connectivity index (χ0n) is 21.3. The Hall–Kier alpha value is -2.85. The minimum absolute atomic E-state index is 0.0708. The highest BCUT2D eigenvalue weighted by Gasteiger charge is 2.19. The van der Waals surface area contributed by atoms with Crippen molar-refractivity contribution in [3.8, 4) is 11.8 Å². The van der Waals surface area contributed by atoms with Gasteiger partial charge in [-0.25, -0.2) is 4.39 Å². The number of hydrogen-bond acceptors (Lipinski definition) is 0. The van der Waals surface area contributed by atoms with Gasteiger partial charge in [-0.15, -0.1) is 6.58 Å². The molecule has 3 aromatic rings. The molecule has 0 amide bonds. The summed E-state index contributed by atoms with van der Waals surface area (Å²) in [6.07, 6.45) is 15.3. The fraction of sp³-hybridized carbons (Fsp3) is 0.412. The molecule has 0 bridgehead atoms. The Morgan fingerprint density at radius 3 is 2.31 bits per heavy atom. The van der Waals surface area contributed by atoms with Crippen molar-refractivity contribution >= 4 is 10.8 Å². The largest absolute Gasteiger partial charge is 0.206 e. The van der Waals surface area contributed by atoms with Crippen molar-refractivity contribution in [1.29, 1.82) is 0 Å². The second kappa shape index (κ2) is 12.7. The molecule has 1 aliphatic carbocycles. The lowest BCUT2D eigenvalue weighted by Crippen LogP contribution is -2.14. The average molecular weight is 467 g/mol. The fourth-order valence-electron chi connectivity index (χ4n) is 5.43. The van der Waals surface area contributed by atoms with E-state index in [0.29, 0.717) is 5.39 Å². The van der Waals surface area contributed by atoms with E-state index in [1.165, 1.54) is 44.1 Å². The maximum atomic E-state index is 14.9. The molecule has 0 N–H and O–H groups in total. The average Bonchev–Trinajstić information content (AvgIpc) is 2.89. The maximum Gasteiger partial charge on any atom is 0.134 e. The van der Waals surface area contributed by atoms with Crippen molar-refractivity contribution in [3.05, 3.63) is 95.3 Å². The smallest absolute Gasteiger partial charge is 0.134 e. The highest BCUT2D eigenvalue weighted by atomic mass is 19.1. The molecule has 0 aliphatic heterocycles. The van der Waals surface area contributed by atoms with Gasteiger partial charge in [0, 0.05) is 16.5 Å². The Balaban J connectivity index is 1.33. The van der Waals surface area contributed by atoms with E-state index >= 15 is 0 Å². The van der Waals surface area contributed by atoms with Crippen molar-refractivity contribution < 1.29 is 4.39 Å². The van der Waals surface area contributed by atoms with Crippen LogP contribution in [-0.4, -0.2) is 0 Å². The van der Waals surface area contributed by atoms with Crippen LogP contribution in [0.25, 0.3) is 10.8 Å². The van der Waals surface area contributed by atoms with E-state index in [1.54, 1.807) is 0 Å². The van der Waals surface area contributed by atoms with Gasteiger partial charge in [0.15, 0.2) is 0 Å². The van der Waals surface area contributed by atoms with Gasteiger partial charge >= 0.3 is 0 Å². The quantitative estimate of drug-likeness (QED) is 0.167. The molecular formula is C34H39F. The van der Waals surface area contributed by atoms with Crippen LogP contribution in [0.3, 0.4) is 0 Å². The van der Waals surface area contributed by atoms with Crippen molar-refractivity contribution in [2.75, 3.05) is 0 Å². The van der Waals surface area contributed by atoms with Crippen LogP contribution in [0.15, 0.2) is 67.3 Å². The molecule has 4 rings (SSSR count). The minimum Gasteiger partial charge on any atom is -0.206 e. The first kappa shape index (κ1) is 25.2. The molecule has 0 nitrogen and oxygen atoms in total. The lowest BCUT2D eigenvalue weighted by atomic mass is 9.78. The van der Waals surface area contributed by atoms with Crippen LogP contribution in [0.1, 0.15) is 87.0 Å². The number of aryl methyl sites for hydroxylation is 2. The Bertz CT molecular complexity index is 1170. The molecule has 0 aromatic heterocycles. The van der Waals surface area contributed by atoms with E-state index in [2.05, 4.69) is 55.7 Å². The van der Waals surface area contributed by atoms with E-state index in [0.717, 1.165) is 66.0 Å². The fourth-order valence-corrected chi connectivity index (χ4v) is 5.43. The van der Waals surface area contributed by atoms with Gasteiger partial charge in [-0.05, 0) is 97.6 Å². The number of rotatable bonds is 9. The predicted molar refractivity (Wildman–Crippen MR) is 148 cm³/mol. The number of hydrogen-bond donors (Lipinski definition) is 0. The van der Waals surface area contributed by atoms with Gasteiger partial charge in [0.25, 0.3) is 0 Å². The summed E-state index contributed by atoms with van der Waals surface area (Å²) in [5, 5.41) is 1.62. The second-order valence-electron chi connectivity index (χ2n) is 10.3. The summed E-state index contributed by atoms with van der Waals surface area (Å²) in [4.78, 5) is 0. The van der Waals surface area contributed by atoms with Crippen molar-refractivity contribution in [1.82, 2.24) is 0 Å². The van der Waals surface area contributed by atoms with E-state index in [1.807, 2.05) is 30.3 Å². The monoisotopic (exact) mass is 466 g/mol. The van der Waals surface area contributed by atoms with Crippen LogP contribution < -0.4 is 0 Å². The van der Waals surface area contributed by atoms with Gasteiger partial charge in [-0.3, -0.25) is 0 Å². The third-order valence-corrected chi connectivity index (χ3v) is 7.70. The van der Waals surface area contributed by atoms with Gasteiger partial charge in [0.1, 0.15) is 5.82 Å². The third kappa shape index (κ3) is 7.08. The van der Waals surface area contributed by atoms with Crippen molar-refractivity contribution in [2.45, 2.75) is 77.6 Å². The normalized spacial score (nSPS) is 17.7. The molecule has 1 saturated carbocycles. The zero-order chi connectivity index (χ0) is 24.5. The van der Waals surface area contributed by atoms with Gasteiger partial charge in [-0.1, -0.05) is 80.9 Å². The van der Waals surface area contributed by atoms with Crippen molar-refractivity contribution in [2.24, 2.45) is 11.8 Å². The predicted octanol–water partition coefficient (Wildman–Crippen LogP) is 9.43. The molecular weight excluding hydrogens is 427 g/mol. The van der Waals surface area contributed by atoms with Crippen LogP contribution in [0.5, 0.6) is 0 Å². The molecule has 0 radical (unpaired) electrons. The van der Waals surface area contributed by atoms with Gasteiger partial charge < -0.3 is 0 Å². The first-order valence-corrected chi connectivity index (χ1v) is 13.6. The van der Waals surface area contributed by atoms with Crippen LogP contribution in [0, 0.1) is 29.5 Å². The summed E-state index contributed by atoms with van der Waals surface area (Å²) < 4.78 is 14.9. The van der Waals surface area contributed by atoms with Gasteiger partial charge in [-0.2, -0.15) is 0 Å². The molecule has 0 atom stereocenters. The summed E-state index contributed by atoms with van der Waals surface area (Å²) in [5.41, 5.74) is 4.17. The van der Waals surface area contributed by atoms with E-state index in [4.69, 9.17) is 0 Å². The Kier molecular flexibility index (Phi) is 9.19. The number of allylic oxidation sites excluding steroid dienone is 1. The Labute approximate surface area is 211 Å². The molecule has 0 spiro atoms. The minimum atomic E-state index is -0.0708. The second-order valence-corrected chi connectivity index (χ2v) is 10.3. The summed E-state index contributed by atoms with van der Waals surface area (Å²) in [5.74, 6) is 8.23. The summed E-state index contributed by atoms with van der Waals surface area (Å²) >= 11 is 0. The molecule has 0 unspecified atom stereocenters. The van der Waals surface area contributed by atoms with Gasteiger partial charge in [0.05, 0.1) is 0 Å². The number of halogens is 1. The van der Waals surface area contributed by atoms with Crippen LogP contribution in [0.2, 0.25) is 0 Å². The molecule has 0 saturated heterocycles. The van der Waals surface area contributed by atoms with E-state index < -0.39 is 0 Å². The van der Waals surface area contributed by atoms with E-state index in [9.17, 15) is 4.39 Å². The number of fused-ring (bicyclic) bond motifs is 1. The highest BCUT2D eigenvalue weighted by molar-refractivity contribution is 5.85. The zero-order valence-corrected chi connectivity index (χ0v) is 21.3. The lowest BCUT2D eigenvalue weighted by molar-refractivity contribution is 0.265. The van der Waals surface area contributed by atoms with Crippen LogP contribution >= 0.6 is 0 Å². The van der Waals surface area contributed by atoms with E-state index in [-0.39, 0.29) is 5.82 Å². The maximum absolute atomic E-state index is 14.9. The molecule has 1 heteroatoms. The SMILES string of the molecule is C=CCC1CCC(CCc2ccc(C#Cc3ccc4c(F)c(CCCCC)ccc4c3)cc2)CC1. The van der Waals surface area contributed by atoms with Crippen LogP contribution in [-0.2, 0) is 12.8 Å². The topological polar surface area (TPSA) is 0 Å². The first-order valence-electron chi connectivity index (χ1n) is 13.6. The molecule has 35 heavy (non-hydrogen) atoms. The highest BCUT2D eigenvalue weighted by Crippen LogP contribution is 2.33. The van der Waals surface area contributed by atoms with Gasteiger partial charge in [0.2, 0.25) is 0 Å². The molecule has 1 aliphatic rings. The lowest BCUT2D eigenvalue weighted by Gasteiger charge is -2.27. The molecule has 1 fully saturated rings. The Morgan fingerprint density at radius 1 is 0.857 bits per heavy atom. The summed E-state index contributed by atoms with van der Waals surface area (Å²) in [7, 11) is 0. The molecule has 182 valence electrons. The first-order chi connectivity index (χ1) is 17.2. The molecule has 0 heterocycles. The number of benzene rings is 3. The Morgan fingerprint density at radius 2 is 1.57 bits per heavy atom. The van der Waals surface area contributed by atoms with Crippen molar-refractivity contribution in [3.63, 3.8) is 0 Å². The summed E-state index contributed by atoms with van der Waals surface area (Å²) in [6, 6.07) is 18.5. The van der Waals surface area contributed by atoms with Crippen LogP contribution in [0.4, 0.5) is 4.39 Å². The molecule has 3 aromatic carbocycles. The summed E-state index contributed by atoms with van der Waals surface area (Å²) in [6.45, 7) is 6.06. The standard InChI is InChI=1S/C34H39F/c1-3-5-6-8-31-22-23-32-25-30(21-24-33(32)34(31)35)20-19-29-17-15-28(16-18-29)14-13-27-11-9-26(7-4-2)10-12-27/h4,15-18,21-27H,2-3,5-14H2,1H3.